The quantitative estimate of drug-likeness (QED) is 0.836. The number of benzene rings is 1. The Hall–Kier alpha value is -0.620. The van der Waals surface area contributed by atoms with Crippen molar-refractivity contribution in [2.75, 3.05) is 13.2 Å². The van der Waals surface area contributed by atoms with E-state index in [0.29, 0.717) is 6.61 Å². The van der Waals surface area contributed by atoms with Crippen LogP contribution in [0, 0.1) is 3.57 Å². The van der Waals surface area contributed by atoms with Crippen molar-refractivity contribution in [3.63, 3.8) is 0 Å². The van der Waals surface area contributed by atoms with Crippen molar-refractivity contribution in [3.8, 4) is 0 Å². The molecule has 1 fully saturated rings. The molecule has 0 saturated carbocycles. The average molecular weight is 317 g/mol. The highest BCUT2D eigenvalue weighted by Crippen LogP contribution is 2.10. The van der Waals surface area contributed by atoms with Crippen LogP contribution >= 0.6 is 22.6 Å². The Morgan fingerprint density at radius 2 is 2.40 bits per heavy atom. The van der Waals surface area contributed by atoms with E-state index in [-0.39, 0.29) is 18.6 Å². The van der Waals surface area contributed by atoms with Gasteiger partial charge in [0.15, 0.2) is 0 Å². The molecule has 0 spiro atoms. The minimum absolute atomic E-state index is 0.0168. The zero-order valence-corrected chi connectivity index (χ0v) is 10.4. The third-order valence-electron chi connectivity index (χ3n) is 2.29. The lowest BCUT2D eigenvalue weighted by molar-refractivity contribution is -0.131. The molecule has 0 radical (unpaired) electrons. The van der Waals surface area contributed by atoms with Crippen molar-refractivity contribution in [1.82, 2.24) is 5.32 Å². The fraction of sp³-hybridized carbons (Fsp3) is 0.364. The van der Waals surface area contributed by atoms with Crippen molar-refractivity contribution in [2.45, 2.75) is 12.5 Å². The second-order valence-electron chi connectivity index (χ2n) is 3.61. The van der Waals surface area contributed by atoms with Gasteiger partial charge in [-0.15, -0.1) is 0 Å². The molecular weight excluding hydrogens is 305 g/mol. The Labute approximate surface area is 102 Å². The van der Waals surface area contributed by atoms with Crippen LogP contribution in [0.5, 0.6) is 0 Å². The number of carbonyl (C=O) groups excluding carboxylic acids is 1. The summed E-state index contributed by atoms with van der Waals surface area (Å²) in [6, 6.07) is 8.40. The van der Waals surface area contributed by atoms with Gasteiger partial charge in [0.25, 0.3) is 0 Å². The van der Waals surface area contributed by atoms with E-state index in [1.165, 1.54) is 9.13 Å². The summed E-state index contributed by atoms with van der Waals surface area (Å²) >= 11 is 2.29. The van der Waals surface area contributed by atoms with Crippen LogP contribution in [0.3, 0.4) is 0 Å². The maximum atomic E-state index is 11.1. The Kier molecular flexibility index (Phi) is 3.58. The molecule has 1 atom stereocenters. The predicted molar refractivity (Wildman–Crippen MR) is 65.6 cm³/mol. The van der Waals surface area contributed by atoms with Gasteiger partial charge in [-0.3, -0.25) is 4.79 Å². The van der Waals surface area contributed by atoms with Gasteiger partial charge in [-0.1, -0.05) is 12.1 Å². The summed E-state index contributed by atoms with van der Waals surface area (Å²) in [6.07, 6.45) is 0.836. The highest BCUT2D eigenvalue weighted by atomic mass is 127. The van der Waals surface area contributed by atoms with Gasteiger partial charge in [0.05, 0.1) is 12.6 Å². The number of rotatable bonds is 2. The largest absolute Gasteiger partial charge is 0.369 e. The van der Waals surface area contributed by atoms with Crippen molar-refractivity contribution in [2.24, 2.45) is 0 Å². The van der Waals surface area contributed by atoms with Crippen molar-refractivity contribution in [1.29, 1.82) is 0 Å². The van der Waals surface area contributed by atoms with Gasteiger partial charge in [-0.25, -0.2) is 0 Å². The van der Waals surface area contributed by atoms with Crippen molar-refractivity contribution >= 4 is 28.5 Å². The minimum Gasteiger partial charge on any atom is -0.369 e. The molecule has 15 heavy (non-hydrogen) atoms. The molecule has 0 aromatic heterocycles. The van der Waals surface area contributed by atoms with Crippen LogP contribution in [0.25, 0.3) is 0 Å². The molecule has 3 nitrogen and oxygen atoms in total. The Morgan fingerprint density at radius 1 is 1.53 bits per heavy atom. The maximum Gasteiger partial charge on any atom is 0.246 e. The van der Waals surface area contributed by atoms with Gasteiger partial charge in [-0.2, -0.15) is 0 Å². The van der Waals surface area contributed by atoms with E-state index in [4.69, 9.17) is 4.74 Å². The molecule has 1 aromatic rings. The summed E-state index contributed by atoms with van der Waals surface area (Å²) in [5, 5.41) is 2.92. The smallest absolute Gasteiger partial charge is 0.246 e. The van der Waals surface area contributed by atoms with Crippen LogP contribution in [-0.4, -0.2) is 25.2 Å². The van der Waals surface area contributed by atoms with Gasteiger partial charge < -0.3 is 10.1 Å². The van der Waals surface area contributed by atoms with Gasteiger partial charge in [0.2, 0.25) is 5.91 Å². The molecule has 1 aromatic carbocycles. The molecule has 80 valence electrons. The number of nitrogens with one attached hydrogen (secondary N) is 1. The molecule has 1 unspecified atom stereocenters. The lowest BCUT2D eigenvalue weighted by atomic mass is 10.1. The monoisotopic (exact) mass is 317 g/mol. The predicted octanol–water partition coefficient (Wildman–Crippen LogP) is 1.35. The van der Waals surface area contributed by atoms with Gasteiger partial charge in [0.1, 0.15) is 6.61 Å². The summed E-state index contributed by atoms with van der Waals surface area (Å²) in [4.78, 5) is 11.1. The molecule has 0 bridgehead atoms. The lowest BCUT2D eigenvalue weighted by Crippen LogP contribution is -2.46. The second kappa shape index (κ2) is 4.94. The molecule has 0 aliphatic carbocycles. The first kappa shape index (κ1) is 10.9. The van der Waals surface area contributed by atoms with Crippen LogP contribution in [0.1, 0.15) is 5.56 Å². The highest BCUT2D eigenvalue weighted by molar-refractivity contribution is 14.1. The van der Waals surface area contributed by atoms with Gasteiger partial charge >= 0.3 is 0 Å². The van der Waals surface area contributed by atoms with E-state index in [0.717, 1.165) is 6.42 Å². The fourth-order valence-electron chi connectivity index (χ4n) is 1.66. The molecule has 1 heterocycles. The van der Waals surface area contributed by atoms with E-state index in [1.54, 1.807) is 0 Å². The van der Waals surface area contributed by atoms with Crippen LogP contribution in [0.4, 0.5) is 0 Å². The van der Waals surface area contributed by atoms with Crippen molar-refractivity contribution < 1.29 is 9.53 Å². The van der Waals surface area contributed by atoms with E-state index < -0.39 is 0 Å². The van der Waals surface area contributed by atoms with Gasteiger partial charge in [0, 0.05) is 3.57 Å². The van der Waals surface area contributed by atoms with Gasteiger partial charge in [-0.05, 0) is 46.7 Å². The fourth-order valence-corrected chi connectivity index (χ4v) is 2.27. The maximum absolute atomic E-state index is 11.1. The van der Waals surface area contributed by atoms with E-state index >= 15 is 0 Å². The Morgan fingerprint density at radius 3 is 3.13 bits per heavy atom. The summed E-state index contributed by atoms with van der Waals surface area (Å²) in [7, 11) is 0. The molecular formula is C11H12INO2. The number of amides is 1. The first-order valence-corrected chi connectivity index (χ1v) is 5.93. The molecule has 1 saturated heterocycles. The molecule has 1 amide bonds. The summed E-state index contributed by atoms with van der Waals surface area (Å²) in [5.74, 6) is -0.0168. The number of morpholine rings is 1. The summed E-state index contributed by atoms with van der Waals surface area (Å²) in [5.41, 5.74) is 1.23. The van der Waals surface area contributed by atoms with E-state index in [1.807, 2.05) is 6.07 Å². The number of ether oxygens (including phenoxy) is 1. The van der Waals surface area contributed by atoms with E-state index in [9.17, 15) is 4.79 Å². The summed E-state index contributed by atoms with van der Waals surface area (Å²) in [6.45, 7) is 0.806. The molecule has 1 aliphatic heterocycles. The molecule has 1 aliphatic rings. The molecule has 2 rings (SSSR count). The first-order chi connectivity index (χ1) is 7.24. The highest BCUT2D eigenvalue weighted by Gasteiger charge is 2.18. The Bertz CT molecular complexity index is 367. The lowest BCUT2D eigenvalue weighted by Gasteiger charge is -2.23. The second-order valence-corrected chi connectivity index (χ2v) is 4.86. The Balaban J connectivity index is 1.99. The van der Waals surface area contributed by atoms with E-state index in [2.05, 4.69) is 46.1 Å². The number of hydrogen-bond donors (Lipinski definition) is 1. The number of halogens is 1. The molecule has 4 heteroatoms. The first-order valence-electron chi connectivity index (χ1n) is 4.85. The zero-order chi connectivity index (χ0) is 10.7. The number of hydrogen-bond acceptors (Lipinski definition) is 2. The van der Waals surface area contributed by atoms with Crippen molar-refractivity contribution in [3.05, 3.63) is 33.4 Å². The standard InChI is InChI=1S/C11H12INO2/c12-9-3-1-2-8(4-9)5-10-6-15-7-11(14)13-10/h1-4,10H,5-7H2,(H,13,14). The van der Waals surface area contributed by atoms with Crippen LogP contribution < -0.4 is 5.32 Å². The minimum atomic E-state index is -0.0168. The third-order valence-corrected chi connectivity index (χ3v) is 2.96. The zero-order valence-electron chi connectivity index (χ0n) is 8.20. The SMILES string of the molecule is O=C1COCC(Cc2cccc(I)c2)N1. The van der Waals surface area contributed by atoms with Crippen LogP contribution in [0.2, 0.25) is 0 Å². The van der Waals surface area contributed by atoms with Crippen LogP contribution in [-0.2, 0) is 16.0 Å². The third kappa shape index (κ3) is 3.17. The topological polar surface area (TPSA) is 38.3 Å². The average Bonchev–Trinajstić information content (AvgIpc) is 2.17. The molecule has 1 N–H and O–H groups in total. The summed E-state index contributed by atoms with van der Waals surface area (Å²) < 4.78 is 6.40. The normalized spacial score (nSPS) is 21.1. The van der Waals surface area contributed by atoms with Crippen LogP contribution in [0.15, 0.2) is 24.3 Å². The number of carbonyl (C=O) groups is 1.